The second-order valence-electron chi connectivity index (χ2n) is 5.89. The highest BCUT2D eigenvalue weighted by atomic mass is 31.2. The van der Waals surface area contributed by atoms with Crippen LogP contribution in [0, 0.1) is 6.92 Å². The molecule has 1 heterocycles. The van der Waals surface area contributed by atoms with E-state index in [1.165, 1.54) is 0 Å². The van der Waals surface area contributed by atoms with E-state index in [2.05, 4.69) is 0 Å². The lowest BCUT2D eigenvalue weighted by atomic mass is 10.0. The monoisotopic (exact) mass is 382 g/mol. The average Bonchev–Trinajstić information content (AvgIpc) is 2.69. The van der Waals surface area contributed by atoms with Gasteiger partial charge >= 0.3 is 7.60 Å². The Morgan fingerprint density at radius 3 is 1.67 bits per heavy atom. The van der Waals surface area contributed by atoms with Crippen LogP contribution in [0.15, 0.2) is 60.7 Å². The van der Waals surface area contributed by atoms with Crippen LogP contribution in [-0.4, -0.2) is 23.2 Å². The first-order chi connectivity index (χ1) is 13.1. The summed E-state index contributed by atoms with van der Waals surface area (Å²) >= 11 is 0. The molecule has 0 aliphatic carbocycles. The van der Waals surface area contributed by atoms with Crippen molar-refractivity contribution in [3.8, 4) is 22.5 Å². The minimum atomic E-state index is -3.54. The number of aryl methyl sites for hydroxylation is 1. The van der Waals surface area contributed by atoms with Gasteiger partial charge < -0.3 is 9.05 Å². The van der Waals surface area contributed by atoms with E-state index in [1.807, 2.05) is 60.7 Å². The highest BCUT2D eigenvalue weighted by Crippen LogP contribution is 2.47. The van der Waals surface area contributed by atoms with Gasteiger partial charge in [0.05, 0.1) is 30.3 Å². The van der Waals surface area contributed by atoms with Crippen molar-refractivity contribution in [2.45, 2.75) is 20.8 Å². The molecule has 27 heavy (non-hydrogen) atoms. The summed E-state index contributed by atoms with van der Waals surface area (Å²) < 4.78 is 24.3. The zero-order valence-electron chi connectivity index (χ0n) is 15.8. The topological polar surface area (TPSA) is 61.3 Å². The first kappa shape index (κ1) is 19.4. The molecule has 140 valence electrons. The van der Waals surface area contributed by atoms with Crippen LogP contribution in [-0.2, 0) is 13.6 Å². The molecule has 0 radical (unpaired) electrons. The van der Waals surface area contributed by atoms with Crippen LogP contribution in [0.5, 0.6) is 0 Å². The van der Waals surface area contributed by atoms with Gasteiger partial charge in [-0.05, 0) is 20.8 Å². The SMILES string of the molecule is CCOP(=O)(OCC)c1nc(-c2ccccc2)c(-c2ccccc2)nc1C. The van der Waals surface area contributed by atoms with Gasteiger partial charge in [-0.25, -0.2) is 9.97 Å². The largest absolute Gasteiger partial charge is 0.381 e. The maximum Gasteiger partial charge on any atom is 0.381 e. The molecule has 0 bridgehead atoms. The smallest absolute Gasteiger partial charge is 0.304 e. The molecule has 0 aliphatic heterocycles. The minimum Gasteiger partial charge on any atom is -0.304 e. The average molecular weight is 382 g/mol. The molecule has 0 unspecified atom stereocenters. The van der Waals surface area contributed by atoms with Gasteiger partial charge in [-0.15, -0.1) is 0 Å². The highest BCUT2D eigenvalue weighted by molar-refractivity contribution is 7.62. The predicted octanol–water partition coefficient (Wildman–Crippen LogP) is 5.01. The third kappa shape index (κ3) is 4.16. The number of hydrogen-bond acceptors (Lipinski definition) is 5. The molecular weight excluding hydrogens is 359 g/mol. The summed E-state index contributed by atoms with van der Waals surface area (Å²) in [5, 5.41) is 0. The Bertz CT molecular complexity index is 936. The van der Waals surface area contributed by atoms with Crippen molar-refractivity contribution < 1.29 is 13.6 Å². The standard InChI is InChI=1S/C21H23N2O3P/c1-4-25-27(24,26-5-2)21-16(3)22-19(17-12-8-6-9-13-17)20(23-21)18-14-10-7-11-15-18/h6-15H,4-5H2,1-3H3. The Morgan fingerprint density at radius 1 is 0.778 bits per heavy atom. The highest BCUT2D eigenvalue weighted by Gasteiger charge is 2.33. The van der Waals surface area contributed by atoms with Gasteiger partial charge in [0.15, 0.2) is 5.44 Å². The molecule has 3 aromatic rings. The molecule has 3 rings (SSSR count). The molecule has 0 amide bonds. The molecule has 2 aromatic carbocycles. The second kappa shape index (κ2) is 8.57. The fraction of sp³-hybridized carbons (Fsp3) is 0.238. The Labute approximate surface area is 159 Å². The molecule has 6 heteroatoms. The molecule has 0 N–H and O–H groups in total. The molecule has 0 spiro atoms. The van der Waals surface area contributed by atoms with Crippen LogP contribution in [0.4, 0.5) is 0 Å². The van der Waals surface area contributed by atoms with Gasteiger partial charge in [-0.3, -0.25) is 4.57 Å². The van der Waals surface area contributed by atoms with E-state index in [4.69, 9.17) is 19.0 Å². The quantitative estimate of drug-likeness (QED) is 0.538. The van der Waals surface area contributed by atoms with Crippen LogP contribution in [0.2, 0.25) is 0 Å². The minimum absolute atomic E-state index is 0.263. The normalized spacial score (nSPS) is 11.5. The van der Waals surface area contributed by atoms with E-state index in [-0.39, 0.29) is 18.6 Å². The van der Waals surface area contributed by atoms with E-state index in [1.54, 1.807) is 20.8 Å². The van der Waals surface area contributed by atoms with Gasteiger partial charge in [0.1, 0.15) is 0 Å². The van der Waals surface area contributed by atoms with Gasteiger partial charge in [0.25, 0.3) is 0 Å². The second-order valence-corrected chi connectivity index (χ2v) is 7.83. The number of rotatable bonds is 7. The van der Waals surface area contributed by atoms with E-state index in [9.17, 15) is 4.57 Å². The predicted molar refractivity (Wildman–Crippen MR) is 108 cm³/mol. The number of benzene rings is 2. The van der Waals surface area contributed by atoms with Crippen molar-refractivity contribution in [2.75, 3.05) is 13.2 Å². The molecule has 0 atom stereocenters. The van der Waals surface area contributed by atoms with Gasteiger partial charge in [0.2, 0.25) is 0 Å². The van der Waals surface area contributed by atoms with Crippen LogP contribution in [0.3, 0.4) is 0 Å². The summed E-state index contributed by atoms with van der Waals surface area (Å²) in [6.07, 6.45) is 0. The van der Waals surface area contributed by atoms with Crippen molar-refractivity contribution in [2.24, 2.45) is 0 Å². The summed E-state index contributed by atoms with van der Waals surface area (Å²) in [4.78, 5) is 9.51. The molecular formula is C21H23N2O3P. The lowest BCUT2D eigenvalue weighted by Crippen LogP contribution is -2.20. The fourth-order valence-electron chi connectivity index (χ4n) is 2.86. The van der Waals surface area contributed by atoms with Crippen LogP contribution in [0.1, 0.15) is 19.5 Å². The molecule has 5 nitrogen and oxygen atoms in total. The van der Waals surface area contributed by atoms with E-state index in [0.29, 0.717) is 11.4 Å². The first-order valence-corrected chi connectivity index (χ1v) is 10.5. The van der Waals surface area contributed by atoms with Crippen LogP contribution < -0.4 is 5.44 Å². The van der Waals surface area contributed by atoms with E-state index >= 15 is 0 Å². The Kier molecular flexibility index (Phi) is 6.17. The zero-order chi connectivity index (χ0) is 19.3. The molecule has 1 aromatic heterocycles. The lowest BCUT2D eigenvalue weighted by Gasteiger charge is -2.20. The maximum absolute atomic E-state index is 13.3. The van der Waals surface area contributed by atoms with Gasteiger partial charge in [-0.1, -0.05) is 60.7 Å². The third-order valence-electron chi connectivity index (χ3n) is 4.00. The van der Waals surface area contributed by atoms with Crippen LogP contribution >= 0.6 is 7.60 Å². The maximum atomic E-state index is 13.3. The van der Waals surface area contributed by atoms with Crippen molar-refractivity contribution in [3.05, 3.63) is 66.4 Å². The molecule has 0 saturated heterocycles. The summed E-state index contributed by atoms with van der Waals surface area (Å²) in [5.74, 6) is 0. The lowest BCUT2D eigenvalue weighted by molar-refractivity contribution is 0.229. The molecule has 0 saturated carbocycles. The Morgan fingerprint density at radius 2 is 1.22 bits per heavy atom. The van der Waals surface area contributed by atoms with Gasteiger partial charge in [0, 0.05) is 11.1 Å². The zero-order valence-corrected chi connectivity index (χ0v) is 16.6. The summed E-state index contributed by atoms with van der Waals surface area (Å²) in [6, 6.07) is 19.6. The Hall–Kier alpha value is -2.33. The summed E-state index contributed by atoms with van der Waals surface area (Å²) in [7, 11) is -3.54. The van der Waals surface area contributed by atoms with E-state index in [0.717, 1.165) is 16.8 Å². The summed E-state index contributed by atoms with van der Waals surface area (Å²) in [6.45, 7) is 5.88. The van der Waals surface area contributed by atoms with Crippen molar-refractivity contribution >= 4 is 13.0 Å². The molecule has 0 aliphatic rings. The fourth-order valence-corrected chi connectivity index (χ4v) is 4.53. The van der Waals surface area contributed by atoms with Gasteiger partial charge in [-0.2, -0.15) is 0 Å². The number of hydrogen-bond donors (Lipinski definition) is 0. The van der Waals surface area contributed by atoms with Crippen molar-refractivity contribution in [1.82, 2.24) is 9.97 Å². The number of aromatic nitrogens is 2. The van der Waals surface area contributed by atoms with Crippen LogP contribution in [0.25, 0.3) is 22.5 Å². The Balaban J connectivity index is 2.26. The van der Waals surface area contributed by atoms with E-state index < -0.39 is 7.60 Å². The first-order valence-electron chi connectivity index (χ1n) is 8.98. The van der Waals surface area contributed by atoms with Crippen molar-refractivity contribution in [3.63, 3.8) is 0 Å². The summed E-state index contributed by atoms with van der Waals surface area (Å²) in [5.41, 5.74) is 4.04. The van der Waals surface area contributed by atoms with Crippen molar-refractivity contribution in [1.29, 1.82) is 0 Å². The molecule has 0 fully saturated rings. The third-order valence-corrected chi connectivity index (χ3v) is 6.14. The number of nitrogens with zero attached hydrogens (tertiary/aromatic N) is 2.